The molecule has 0 rings (SSSR count). The summed E-state index contributed by atoms with van der Waals surface area (Å²) in [5.74, 6) is -0.184. The monoisotopic (exact) mass is 203 g/mol. The Labute approximate surface area is 86.0 Å². The van der Waals surface area contributed by atoms with Gasteiger partial charge in [-0.3, -0.25) is 4.79 Å². The summed E-state index contributed by atoms with van der Waals surface area (Å²) in [6.07, 6.45) is 0.952. The highest BCUT2D eigenvalue weighted by molar-refractivity contribution is 5.75. The lowest BCUT2D eigenvalue weighted by atomic mass is 9.94. The Kier molecular flexibility index (Phi) is 6.49. The van der Waals surface area contributed by atoms with Crippen LogP contribution < -0.4 is 5.32 Å². The summed E-state index contributed by atoms with van der Waals surface area (Å²) in [4.78, 5) is 11.3. The third kappa shape index (κ3) is 5.19. The van der Waals surface area contributed by atoms with Crippen LogP contribution in [-0.4, -0.2) is 39.9 Å². The van der Waals surface area contributed by atoms with Crippen LogP contribution in [0.15, 0.2) is 0 Å². The van der Waals surface area contributed by atoms with Crippen molar-refractivity contribution in [2.24, 2.45) is 5.41 Å². The van der Waals surface area contributed by atoms with Crippen molar-refractivity contribution in [2.75, 3.05) is 33.9 Å². The molecule has 4 nitrogen and oxygen atoms in total. The molecule has 0 heterocycles. The Morgan fingerprint density at radius 2 is 2.00 bits per heavy atom. The quantitative estimate of drug-likeness (QED) is 0.491. The lowest BCUT2D eigenvalue weighted by molar-refractivity contribution is -0.150. The van der Waals surface area contributed by atoms with E-state index in [-0.39, 0.29) is 5.97 Å². The maximum atomic E-state index is 11.3. The van der Waals surface area contributed by atoms with Crippen LogP contribution in [0.2, 0.25) is 0 Å². The molecule has 0 bridgehead atoms. The van der Waals surface area contributed by atoms with Crippen LogP contribution >= 0.6 is 0 Å². The fourth-order valence-electron chi connectivity index (χ4n) is 1.09. The van der Waals surface area contributed by atoms with Gasteiger partial charge in [-0.2, -0.15) is 0 Å². The highest BCUT2D eigenvalue weighted by atomic mass is 16.5. The second kappa shape index (κ2) is 6.79. The van der Waals surface area contributed by atoms with Crippen molar-refractivity contribution < 1.29 is 14.3 Å². The number of hydrogen-bond donors (Lipinski definition) is 1. The molecule has 0 saturated heterocycles. The van der Waals surface area contributed by atoms with Gasteiger partial charge in [-0.05, 0) is 26.8 Å². The van der Waals surface area contributed by atoms with Crippen molar-refractivity contribution in [1.29, 1.82) is 0 Å². The maximum absolute atomic E-state index is 11.3. The number of nitrogens with one attached hydrogen (secondary N) is 1. The molecular weight excluding hydrogens is 182 g/mol. The zero-order valence-corrected chi connectivity index (χ0v) is 9.55. The molecule has 0 aromatic carbocycles. The molecule has 4 heteroatoms. The smallest absolute Gasteiger partial charge is 0.312 e. The van der Waals surface area contributed by atoms with E-state index in [9.17, 15) is 4.79 Å². The molecule has 0 aliphatic rings. The fourth-order valence-corrected chi connectivity index (χ4v) is 1.09. The first kappa shape index (κ1) is 13.4. The summed E-state index contributed by atoms with van der Waals surface area (Å²) in [6.45, 7) is 5.95. The molecule has 0 spiro atoms. The molecule has 0 atom stereocenters. The van der Waals surface area contributed by atoms with Gasteiger partial charge < -0.3 is 14.8 Å². The SMILES string of the molecule is COCCCNCC(C)(C)C(=O)OC. The van der Waals surface area contributed by atoms with Crippen molar-refractivity contribution in [3.05, 3.63) is 0 Å². The van der Waals surface area contributed by atoms with Crippen molar-refractivity contribution >= 4 is 5.97 Å². The third-order valence-corrected chi connectivity index (χ3v) is 2.01. The van der Waals surface area contributed by atoms with Gasteiger partial charge in [0, 0.05) is 20.3 Å². The van der Waals surface area contributed by atoms with E-state index >= 15 is 0 Å². The predicted molar refractivity (Wildman–Crippen MR) is 55.2 cm³/mol. The molecule has 0 aliphatic heterocycles. The van der Waals surface area contributed by atoms with Crippen molar-refractivity contribution in [3.63, 3.8) is 0 Å². The summed E-state index contributed by atoms with van der Waals surface area (Å²) >= 11 is 0. The molecule has 0 aromatic heterocycles. The average Bonchev–Trinajstić information content (AvgIpc) is 2.16. The topological polar surface area (TPSA) is 47.6 Å². The zero-order valence-electron chi connectivity index (χ0n) is 9.55. The summed E-state index contributed by atoms with van der Waals surface area (Å²) in [5.41, 5.74) is -0.457. The first-order valence-electron chi connectivity index (χ1n) is 4.82. The van der Waals surface area contributed by atoms with Crippen LogP contribution in [0.25, 0.3) is 0 Å². The summed E-state index contributed by atoms with van der Waals surface area (Å²) in [7, 11) is 3.09. The van der Waals surface area contributed by atoms with Crippen LogP contribution in [-0.2, 0) is 14.3 Å². The number of hydrogen-bond acceptors (Lipinski definition) is 4. The molecular formula is C10H21NO3. The van der Waals surface area contributed by atoms with Gasteiger partial charge in [-0.25, -0.2) is 0 Å². The van der Waals surface area contributed by atoms with Crippen molar-refractivity contribution in [3.8, 4) is 0 Å². The maximum Gasteiger partial charge on any atom is 0.312 e. The number of ether oxygens (including phenoxy) is 2. The highest BCUT2D eigenvalue weighted by Crippen LogP contribution is 2.14. The van der Waals surface area contributed by atoms with Crippen LogP contribution in [0.3, 0.4) is 0 Å². The van der Waals surface area contributed by atoms with E-state index in [1.54, 1.807) is 7.11 Å². The average molecular weight is 203 g/mol. The summed E-state index contributed by atoms with van der Waals surface area (Å²) in [6, 6.07) is 0. The molecule has 0 amide bonds. The molecule has 0 aliphatic carbocycles. The lowest BCUT2D eigenvalue weighted by Gasteiger charge is -2.21. The van der Waals surface area contributed by atoms with E-state index in [1.165, 1.54) is 7.11 Å². The van der Waals surface area contributed by atoms with Crippen LogP contribution in [0, 0.1) is 5.41 Å². The number of carbonyl (C=O) groups is 1. The molecule has 0 fully saturated rings. The van der Waals surface area contributed by atoms with Gasteiger partial charge in [-0.1, -0.05) is 0 Å². The first-order valence-corrected chi connectivity index (χ1v) is 4.82. The summed E-state index contributed by atoms with van der Waals surface area (Å²) < 4.78 is 9.60. The van der Waals surface area contributed by atoms with E-state index in [1.807, 2.05) is 13.8 Å². The Bertz CT molecular complexity index is 169. The van der Waals surface area contributed by atoms with Crippen molar-refractivity contribution in [2.45, 2.75) is 20.3 Å². The Morgan fingerprint density at radius 1 is 1.36 bits per heavy atom. The van der Waals surface area contributed by atoms with Gasteiger partial charge in [0.2, 0.25) is 0 Å². The Hall–Kier alpha value is -0.610. The number of methoxy groups -OCH3 is 2. The minimum atomic E-state index is -0.457. The molecule has 1 N–H and O–H groups in total. The molecule has 0 aromatic rings. The number of esters is 1. The lowest BCUT2D eigenvalue weighted by Crippen LogP contribution is -2.37. The minimum absolute atomic E-state index is 0.184. The van der Waals surface area contributed by atoms with Crippen molar-refractivity contribution in [1.82, 2.24) is 5.32 Å². The van der Waals surface area contributed by atoms with Gasteiger partial charge in [0.15, 0.2) is 0 Å². The standard InChI is InChI=1S/C10H21NO3/c1-10(2,9(12)14-4)8-11-6-5-7-13-3/h11H,5-8H2,1-4H3. The fraction of sp³-hybridized carbons (Fsp3) is 0.900. The van der Waals surface area contributed by atoms with Crippen LogP contribution in [0.4, 0.5) is 0 Å². The molecule has 0 radical (unpaired) electrons. The van der Waals surface area contributed by atoms with Crippen LogP contribution in [0.1, 0.15) is 20.3 Å². The second-order valence-electron chi connectivity index (χ2n) is 3.90. The molecule has 14 heavy (non-hydrogen) atoms. The number of rotatable bonds is 7. The number of carbonyl (C=O) groups excluding carboxylic acids is 1. The van der Waals surface area contributed by atoms with E-state index in [0.717, 1.165) is 19.6 Å². The van der Waals surface area contributed by atoms with Gasteiger partial charge in [0.1, 0.15) is 0 Å². The predicted octanol–water partition coefficient (Wildman–Crippen LogP) is 0.812. The molecule has 0 saturated carbocycles. The third-order valence-electron chi connectivity index (χ3n) is 2.01. The molecule has 84 valence electrons. The highest BCUT2D eigenvalue weighted by Gasteiger charge is 2.27. The second-order valence-corrected chi connectivity index (χ2v) is 3.90. The summed E-state index contributed by atoms with van der Waals surface area (Å²) in [5, 5.41) is 3.19. The van der Waals surface area contributed by atoms with Gasteiger partial charge in [-0.15, -0.1) is 0 Å². The minimum Gasteiger partial charge on any atom is -0.469 e. The van der Waals surface area contributed by atoms with Gasteiger partial charge in [0.05, 0.1) is 12.5 Å². The van der Waals surface area contributed by atoms with E-state index in [0.29, 0.717) is 6.54 Å². The first-order chi connectivity index (χ1) is 6.54. The Balaban J connectivity index is 3.60. The normalized spacial score (nSPS) is 11.4. The zero-order chi connectivity index (χ0) is 11.0. The largest absolute Gasteiger partial charge is 0.469 e. The molecule has 0 unspecified atom stereocenters. The van der Waals surface area contributed by atoms with E-state index in [2.05, 4.69) is 10.1 Å². The van der Waals surface area contributed by atoms with Gasteiger partial charge >= 0.3 is 5.97 Å². The van der Waals surface area contributed by atoms with Gasteiger partial charge in [0.25, 0.3) is 0 Å². The van der Waals surface area contributed by atoms with E-state index < -0.39 is 5.41 Å². The van der Waals surface area contributed by atoms with E-state index in [4.69, 9.17) is 4.74 Å². The van der Waals surface area contributed by atoms with Crippen LogP contribution in [0.5, 0.6) is 0 Å². The Morgan fingerprint density at radius 3 is 2.50 bits per heavy atom.